The van der Waals surface area contributed by atoms with Crippen LogP contribution in [-0.4, -0.2) is 40.8 Å². The van der Waals surface area contributed by atoms with Gasteiger partial charge in [0, 0.05) is 25.7 Å². The van der Waals surface area contributed by atoms with Crippen molar-refractivity contribution in [1.29, 1.82) is 0 Å². The van der Waals surface area contributed by atoms with Crippen LogP contribution in [0.1, 0.15) is 36.2 Å². The smallest absolute Gasteiger partial charge is 0.274 e. The van der Waals surface area contributed by atoms with Crippen molar-refractivity contribution in [2.75, 3.05) is 20.2 Å². The van der Waals surface area contributed by atoms with Crippen LogP contribution in [0.4, 0.5) is 0 Å². The van der Waals surface area contributed by atoms with E-state index in [1.54, 1.807) is 11.8 Å². The third kappa shape index (κ3) is 3.38. The molecule has 0 saturated carbocycles. The lowest BCUT2D eigenvalue weighted by atomic mass is 10.1. The van der Waals surface area contributed by atoms with E-state index in [0.29, 0.717) is 5.69 Å². The molecular formula is C18H23N3O2. The Bertz CT molecular complexity index is 685. The monoisotopic (exact) mass is 313 g/mol. The highest BCUT2D eigenvalue weighted by Crippen LogP contribution is 2.25. The molecule has 0 spiro atoms. The zero-order valence-electron chi connectivity index (χ0n) is 13.8. The van der Waals surface area contributed by atoms with Crippen LogP contribution >= 0.6 is 0 Å². The molecule has 1 fully saturated rings. The molecule has 0 bridgehead atoms. The molecule has 122 valence electrons. The Balaban J connectivity index is 1.86. The minimum atomic E-state index is 0.0386. The fourth-order valence-corrected chi connectivity index (χ4v) is 3.06. The number of carbonyl (C=O) groups is 1. The van der Waals surface area contributed by atoms with E-state index in [0.717, 1.165) is 42.9 Å². The number of carbonyl (C=O) groups excluding carboxylic acids is 1. The topological polar surface area (TPSA) is 47.4 Å². The highest BCUT2D eigenvalue weighted by Gasteiger charge is 2.21. The van der Waals surface area contributed by atoms with Crippen molar-refractivity contribution >= 4 is 5.91 Å². The van der Waals surface area contributed by atoms with Gasteiger partial charge in [0.05, 0.1) is 12.8 Å². The van der Waals surface area contributed by atoms with E-state index in [-0.39, 0.29) is 5.91 Å². The minimum absolute atomic E-state index is 0.0386. The van der Waals surface area contributed by atoms with Crippen LogP contribution in [0.3, 0.4) is 0 Å². The molecule has 3 rings (SSSR count). The molecule has 2 heterocycles. The minimum Gasteiger partial charge on any atom is -0.497 e. The van der Waals surface area contributed by atoms with Gasteiger partial charge in [-0.25, -0.2) is 0 Å². The van der Waals surface area contributed by atoms with Crippen LogP contribution in [-0.2, 0) is 7.05 Å². The quantitative estimate of drug-likeness (QED) is 0.875. The SMILES string of the molecule is COc1cccc(-c2cc(C(=O)N3CCCCCC3)nn2C)c1. The number of hydrogen-bond donors (Lipinski definition) is 0. The summed E-state index contributed by atoms with van der Waals surface area (Å²) in [5, 5.41) is 4.43. The molecule has 0 N–H and O–H groups in total. The summed E-state index contributed by atoms with van der Waals surface area (Å²) >= 11 is 0. The summed E-state index contributed by atoms with van der Waals surface area (Å²) in [6, 6.07) is 9.68. The first-order valence-corrected chi connectivity index (χ1v) is 8.17. The molecule has 5 nitrogen and oxygen atoms in total. The van der Waals surface area contributed by atoms with Gasteiger partial charge in [-0.3, -0.25) is 9.48 Å². The fourth-order valence-electron chi connectivity index (χ4n) is 3.06. The highest BCUT2D eigenvalue weighted by atomic mass is 16.5. The zero-order valence-corrected chi connectivity index (χ0v) is 13.8. The van der Waals surface area contributed by atoms with Crippen molar-refractivity contribution in [1.82, 2.24) is 14.7 Å². The molecule has 0 unspecified atom stereocenters. The summed E-state index contributed by atoms with van der Waals surface area (Å²) in [6.45, 7) is 1.67. The molecule has 1 aliphatic heterocycles. The van der Waals surface area contributed by atoms with Crippen LogP contribution in [0, 0.1) is 0 Å². The number of hydrogen-bond acceptors (Lipinski definition) is 3. The van der Waals surface area contributed by atoms with Crippen LogP contribution in [0.5, 0.6) is 5.75 Å². The number of ether oxygens (including phenoxy) is 1. The van der Waals surface area contributed by atoms with E-state index in [9.17, 15) is 4.79 Å². The molecule has 5 heteroatoms. The van der Waals surface area contributed by atoms with Crippen LogP contribution in [0.2, 0.25) is 0 Å². The molecule has 0 aliphatic carbocycles. The van der Waals surface area contributed by atoms with Gasteiger partial charge in [-0.1, -0.05) is 25.0 Å². The number of methoxy groups -OCH3 is 1. The molecular weight excluding hydrogens is 290 g/mol. The third-order valence-electron chi connectivity index (χ3n) is 4.36. The lowest BCUT2D eigenvalue weighted by Crippen LogP contribution is -2.32. The summed E-state index contributed by atoms with van der Waals surface area (Å²) in [5.74, 6) is 0.834. The first-order valence-electron chi connectivity index (χ1n) is 8.17. The number of amides is 1. The average Bonchev–Trinajstić information content (AvgIpc) is 2.79. The van der Waals surface area contributed by atoms with Gasteiger partial charge in [-0.15, -0.1) is 0 Å². The van der Waals surface area contributed by atoms with Gasteiger partial charge in [-0.05, 0) is 31.0 Å². The maximum atomic E-state index is 12.7. The lowest BCUT2D eigenvalue weighted by Gasteiger charge is -2.18. The second-order valence-corrected chi connectivity index (χ2v) is 5.98. The molecule has 1 aliphatic rings. The molecule has 1 amide bonds. The molecule has 0 radical (unpaired) electrons. The van der Waals surface area contributed by atoms with Gasteiger partial charge in [0.1, 0.15) is 5.75 Å². The summed E-state index contributed by atoms with van der Waals surface area (Å²) in [4.78, 5) is 14.6. The molecule has 23 heavy (non-hydrogen) atoms. The van der Waals surface area contributed by atoms with E-state index >= 15 is 0 Å². The highest BCUT2D eigenvalue weighted by molar-refractivity contribution is 5.93. The number of rotatable bonds is 3. The van der Waals surface area contributed by atoms with Crippen molar-refractivity contribution in [3.63, 3.8) is 0 Å². The summed E-state index contributed by atoms with van der Waals surface area (Å²) in [5.41, 5.74) is 2.43. The van der Waals surface area contributed by atoms with E-state index in [4.69, 9.17) is 4.74 Å². The zero-order chi connectivity index (χ0) is 16.2. The van der Waals surface area contributed by atoms with Gasteiger partial charge in [0.15, 0.2) is 5.69 Å². The second kappa shape index (κ2) is 6.86. The molecule has 1 aromatic heterocycles. The Labute approximate surface area is 136 Å². The summed E-state index contributed by atoms with van der Waals surface area (Å²) in [7, 11) is 3.52. The van der Waals surface area contributed by atoms with Gasteiger partial charge >= 0.3 is 0 Å². The fraction of sp³-hybridized carbons (Fsp3) is 0.444. The van der Waals surface area contributed by atoms with E-state index in [1.165, 1.54) is 12.8 Å². The van der Waals surface area contributed by atoms with Crippen molar-refractivity contribution in [3.8, 4) is 17.0 Å². The Hall–Kier alpha value is -2.30. The standard InChI is InChI=1S/C18H23N3O2/c1-20-17(14-8-7-9-15(12-14)23-2)13-16(19-20)18(22)21-10-5-3-4-6-11-21/h7-9,12-13H,3-6,10-11H2,1-2H3. The Morgan fingerprint density at radius 2 is 1.87 bits per heavy atom. The van der Waals surface area contributed by atoms with Gasteiger partial charge in [0.25, 0.3) is 5.91 Å². The number of likely N-dealkylation sites (tertiary alicyclic amines) is 1. The largest absolute Gasteiger partial charge is 0.497 e. The maximum absolute atomic E-state index is 12.7. The van der Waals surface area contributed by atoms with Crippen molar-refractivity contribution in [2.45, 2.75) is 25.7 Å². The molecule has 2 aromatic rings. The first-order chi connectivity index (χ1) is 11.2. The predicted octanol–water partition coefficient (Wildman–Crippen LogP) is 3.11. The number of aryl methyl sites for hydroxylation is 1. The normalized spacial score (nSPS) is 15.3. The maximum Gasteiger partial charge on any atom is 0.274 e. The van der Waals surface area contributed by atoms with E-state index in [1.807, 2.05) is 42.3 Å². The van der Waals surface area contributed by atoms with E-state index in [2.05, 4.69) is 5.10 Å². The van der Waals surface area contributed by atoms with E-state index < -0.39 is 0 Å². The van der Waals surface area contributed by atoms with Crippen LogP contribution < -0.4 is 4.74 Å². The van der Waals surface area contributed by atoms with Crippen molar-refractivity contribution in [2.24, 2.45) is 7.05 Å². The second-order valence-electron chi connectivity index (χ2n) is 5.98. The van der Waals surface area contributed by atoms with Gasteiger partial charge in [-0.2, -0.15) is 5.10 Å². The number of benzene rings is 1. The molecule has 1 saturated heterocycles. The van der Waals surface area contributed by atoms with Crippen molar-refractivity contribution in [3.05, 3.63) is 36.0 Å². The summed E-state index contributed by atoms with van der Waals surface area (Å²) < 4.78 is 7.04. The predicted molar refractivity (Wildman–Crippen MR) is 89.6 cm³/mol. The average molecular weight is 313 g/mol. The number of aromatic nitrogens is 2. The van der Waals surface area contributed by atoms with Gasteiger partial charge < -0.3 is 9.64 Å². The van der Waals surface area contributed by atoms with Crippen LogP contribution in [0.15, 0.2) is 30.3 Å². The van der Waals surface area contributed by atoms with Gasteiger partial charge in [0.2, 0.25) is 0 Å². The van der Waals surface area contributed by atoms with Crippen LogP contribution in [0.25, 0.3) is 11.3 Å². The van der Waals surface area contributed by atoms with Crippen molar-refractivity contribution < 1.29 is 9.53 Å². The number of nitrogens with zero attached hydrogens (tertiary/aromatic N) is 3. The Morgan fingerprint density at radius 3 is 2.57 bits per heavy atom. The molecule has 1 aromatic carbocycles. The Kier molecular flexibility index (Phi) is 4.65. The molecule has 0 atom stereocenters. The Morgan fingerprint density at radius 1 is 1.13 bits per heavy atom. The third-order valence-corrected chi connectivity index (χ3v) is 4.36. The summed E-state index contributed by atoms with van der Waals surface area (Å²) in [6.07, 6.45) is 4.59. The first kappa shape index (κ1) is 15.6. The lowest BCUT2D eigenvalue weighted by molar-refractivity contribution is 0.0755.